The molecule has 112 valence electrons. The zero-order chi connectivity index (χ0) is 15.2. The van der Waals surface area contributed by atoms with Crippen LogP contribution in [0.25, 0.3) is 0 Å². The van der Waals surface area contributed by atoms with Crippen molar-refractivity contribution in [3.63, 3.8) is 0 Å². The molecule has 0 saturated carbocycles. The summed E-state index contributed by atoms with van der Waals surface area (Å²) < 4.78 is 21.3. The van der Waals surface area contributed by atoms with Crippen molar-refractivity contribution in [2.45, 2.75) is 6.61 Å². The van der Waals surface area contributed by atoms with Gasteiger partial charge in [-0.15, -0.1) is 0 Å². The Morgan fingerprint density at radius 1 is 0.810 bits per heavy atom. The lowest BCUT2D eigenvalue weighted by Crippen LogP contribution is -1.99. The molecule has 0 radical (unpaired) electrons. The highest BCUT2D eigenvalue weighted by molar-refractivity contribution is 5.56. The van der Waals surface area contributed by atoms with E-state index in [9.17, 15) is 0 Å². The standard InChI is InChI=1S/C16H19NO4/c1-18-14-7-5-12(9-13(14)17)21-10-11-4-6-15(19-2)16(8-11)20-3/h4-9H,10,17H2,1-3H3. The molecule has 0 saturated heterocycles. The monoisotopic (exact) mass is 289 g/mol. The zero-order valence-electron chi connectivity index (χ0n) is 12.4. The van der Waals surface area contributed by atoms with E-state index in [1.165, 1.54) is 0 Å². The number of rotatable bonds is 6. The van der Waals surface area contributed by atoms with E-state index in [1.54, 1.807) is 33.5 Å². The van der Waals surface area contributed by atoms with E-state index in [0.29, 0.717) is 35.3 Å². The van der Waals surface area contributed by atoms with Crippen LogP contribution in [-0.2, 0) is 6.61 Å². The molecule has 0 aliphatic carbocycles. The van der Waals surface area contributed by atoms with Gasteiger partial charge in [0, 0.05) is 6.07 Å². The van der Waals surface area contributed by atoms with Gasteiger partial charge >= 0.3 is 0 Å². The number of methoxy groups -OCH3 is 3. The molecule has 0 atom stereocenters. The van der Waals surface area contributed by atoms with Crippen LogP contribution in [0.5, 0.6) is 23.0 Å². The fraction of sp³-hybridized carbons (Fsp3) is 0.250. The zero-order valence-corrected chi connectivity index (χ0v) is 12.4. The fourth-order valence-corrected chi connectivity index (χ4v) is 1.94. The highest BCUT2D eigenvalue weighted by Crippen LogP contribution is 2.29. The number of nitrogens with two attached hydrogens (primary N) is 1. The lowest BCUT2D eigenvalue weighted by molar-refractivity contribution is 0.303. The Morgan fingerprint density at radius 2 is 1.48 bits per heavy atom. The maximum atomic E-state index is 5.84. The van der Waals surface area contributed by atoms with Gasteiger partial charge in [0.25, 0.3) is 0 Å². The molecule has 2 aromatic carbocycles. The van der Waals surface area contributed by atoms with Crippen LogP contribution in [0.15, 0.2) is 36.4 Å². The molecular formula is C16H19NO4. The SMILES string of the molecule is COc1ccc(OCc2ccc(OC)c(OC)c2)cc1N. The number of nitrogen functional groups attached to an aromatic ring is 1. The Balaban J connectivity index is 2.07. The third kappa shape index (κ3) is 3.51. The fourth-order valence-electron chi connectivity index (χ4n) is 1.94. The first-order chi connectivity index (χ1) is 10.2. The summed E-state index contributed by atoms with van der Waals surface area (Å²) in [5, 5.41) is 0. The topological polar surface area (TPSA) is 62.9 Å². The van der Waals surface area contributed by atoms with Gasteiger partial charge in [0.1, 0.15) is 18.1 Å². The van der Waals surface area contributed by atoms with Gasteiger partial charge in [0.15, 0.2) is 11.5 Å². The molecule has 0 amide bonds. The molecule has 0 aliphatic rings. The summed E-state index contributed by atoms with van der Waals surface area (Å²) in [7, 11) is 4.79. The van der Waals surface area contributed by atoms with Crippen LogP contribution < -0.4 is 24.7 Å². The molecule has 2 N–H and O–H groups in total. The van der Waals surface area contributed by atoms with Crippen molar-refractivity contribution in [2.75, 3.05) is 27.1 Å². The first-order valence-electron chi connectivity index (χ1n) is 6.45. The average Bonchev–Trinajstić information content (AvgIpc) is 2.52. The maximum absolute atomic E-state index is 5.84. The summed E-state index contributed by atoms with van der Waals surface area (Å²) in [4.78, 5) is 0. The number of hydrogen-bond donors (Lipinski definition) is 1. The van der Waals surface area contributed by atoms with Gasteiger partial charge in [-0.3, -0.25) is 0 Å². The van der Waals surface area contributed by atoms with Crippen molar-refractivity contribution in [3.8, 4) is 23.0 Å². The molecule has 0 aromatic heterocycles. The van der Waals surface area contributed by atoms with Gasteiger partial charge in [-0.2, -0.15) is 0 Å². The van der Waals surface area contributed by atoms with Crippen LogP contribution in [0, 0.1) is 0 Å². The van der Waals surface area contributed by atoms with E-state index in [0.717, 1.165) is 5.56 Å². The van der Waals surface area contributed by atoms with Gasteiger partial charge in [0.05, 0.1) is 27.0 Å². The van der Waals surface area contributed by atoms with E-state index in [1.807, 2.05) is 24.3 Å². The molecule has 0 aliphatic heterocycles. The minimum Gasteiger partial charge on any atom is -0.495 e. The molecule has 21 heavy (non-hydrogen) atoms. The number of ether oxygens (including phenoxy) is 4. The van der Waals surface area contributed by atoms with Crippen LogP contribution >= 0.6 is 0 Å². The predicted molar refractivity (Wildman–Crippen MR) is 81.3 cm³/mol. The summed E-state index contributed by atoms with van der Waals surface area (Å²) in [6.45, 7) is 0.409. The number of benzene rings is 2. The van der Waals surface area contributed by atoms with E-state index < -0.39 is 0 Å². The Bertz CT molecular complexity index is 613. The largest absolute Gasteiger partial charge is 0.495 e. The van der Waals surface area contributed by atoms with Gasteiger partial charge in [-0.1, -0.05) is 6.07 Å². The van der Waals surface area contributed by atoms with Crippen molar-refractivity contribution in [1.29, 1.82) is 0 Å². The molecular weight excluding hydrogens is 270 g/mol. The van der Waals surface area contributed by atoms with Crippen molar-refractivity contribution in [2.24, 2.45) is 0 Å². The molecule has 0 spiro atoms. The quantitative estimate of drug-likeness (QED) is 0.828. The highest BCUT2D eigenvalue weighted by Gasteiger charge is 2.06. The second-order valence-corrected chi connectivity index (χ2v) is 4.38. The van der Waals surface area contributed by atoms with Crippen LogP contribution in [-0.4, -0.2) is 21.3 Å². The number of anilines is 1. The highest BCUT2D eigenvalue weighted by atomic mass is 16.5. The smallest absolute Gasteiger partial charge is 0.161 e. The summed E-state index contributed by atoms with van der Waals surface area (Å²) >= 11 is 0. The third-order valence-corrected chi connectivity index (χ3v) is 3.05. The maximum Gasteiger partial charge on any atom is 0.161 e. The molecule has 0 heterocycles. The van der Waals surface area contributed by atoms with Gasteiger partial charge in [-0.05, 0) is 29.8 Å². The summed E-state index contributed by atoms with van der Waals surface area (Å²) in [5.74, 6) is 2.68. The van der Waals surface area contributed by atoms with Gasteiger partial charge in [0.2, 0.25) is 0 Å². The average molecular weight is 289 g/mol. The molecule has 5 nitrogen and oxygen atoms in total. The molecule has 0 unspecified atom stereocenters. The summed E-state index contributed by atoms with van der Waals surface area (Å²) in [6, 6.07) is 11.0. The van der Waals surface area contributed by atoms with Gasteiger partial charge < -0.3 is 24.7 Å². The first kappa shape index (κ1) is 14.8. The minimum atomic E-state index is 0.409. The molecule has 0 fully saturated rings. The second-order valence-electron chi connectivity index (χ2n) is 4.38. The Labute approximate surface area is 124 Å². The number of hydrogen-bond acceptors (Lipinski definition) is 5. The molecule has 2 aromatic rings. The Hall–Kier alpha value is -2.56. The Morgan fingerprint density at radius 3 is 2.10 bits per heavy atom. The van der Waals surface area contributed by atoms with Crippen molar-refractivity contribution < 1.29 is 18.9 Å². The van der Waals surface area contributed by atoms with Gasteiger partial charge in [-0.25, -0.2) is 0 Å². The van der Waals surface area contributed by atoms with Crippen LogP contribution in [0.2, 0.25) is 0 Å². The Kier molecular flexibility index (Phi) is 4.77. The van der Waals surface area contributed by atoms with Crippen LogP contribution in [0.3, 0.4) is 0 Å². The normalized spacial score (nSPS) is 10.0. The summed E-state index contributed by atoms with van der Waals surface area (Å²) in [5.41, 5.74) is 7.36. The van der Waals surface area contributed by atoms with E-state index in [4.69, 9.17) is 24.7 Å². The third-order valence-electron chi connectivity index (χ3n) is 3.05. The van der Waals surface area contributed by atoms with Crippen LogP contribution in [0.1, 0.15) is 5.56 Å². The van der Waals surface area contributed by atoms with Crippen molar-refractivity contribution in [1.82, 2.24) is 0 Å². The van der Waals surface area contributed by atoms with E-state index >= 15 is 0 Å². The minimum absolute atomic E-state index is 0.409. The summed E-state index contributed by atoms with van der Waals surface area (Å²) in [6.07, 6.45) is 0. The lowest BCUT2D eigenvalue weighted by Gasteiger charge is -2.11. The van der Waals surface area contributed by atoms with Crippen molar-refractivity contribution in [3.05, 3.63) is 42.0 Å². The molecule has 0 bridgehead atoms. The lowest BCUT2D eigenvalue weighted by atomic mass is 10.2. The molecule has 2 rings (SSSR count). The first-order valence-corrected chi connectivity index (χ1v) is 6.45. The second kappa shape index (κ2) is 6.74. The van der Waals surface area contributed by atoms with E-state index in [2.05, 4.69) is 0 Å². The van der Waals surface area contributed by atoms with Crippen LogP contribution in [0.4, 0.5) is 5.69 Å². The van der Waals surface area contributed by atoms with Crippen molar-refractivity contribution >= 4 is 5.69 Å². The molecule has 5 heteroatoms. The predicted octanol–water partition coefficient (Wildman–Crippen LogP) is 2.87. The van der Waals surface area contributed by atoms with E-state index in [-0.39, 0.29) is 0 Å².